The fraction of sp³-hybridized carbons (Fsp3) is 0.909. The average Bonchev–Trinajstić information content (AvgIpc) is 2.94. The van der Waals surface area contributed by atoms with Gasteiger partial charge in [-0.2, -0.15) is 0 Å². The molecule has 0 radical (unpaired) electrons. The summed E-state index contributed by atoms with van der Waals surface area (Å²) in [5, 5.41) is 7.46. The Morgan fingerprint density at radius 1 is 0.561 bits per heavy atom. The van der Waals surface area contributed by atoms with Crippen LogP contribution < -0.4 is 5.73 Å². The summed E-state index contributed by atoms with van der Waals surface area (Å²) in [5.74, 6) is -1.13. The summed E-state index contributed by atoms with van der Waals surface area (Å²) in [6.07, 6.45) is 24.2. The van der Waals surface area contributed by atoms with E-state index in [4.69, 9.17) is 14.6 Å². The molecular formula is C33H65NO6S. The Labute approximate surface area is 256 Å². The van der Waals surface area contributed by atoms with Crippen molar-refractivity contribution in [2.24, 2.45) is 5.73 Å². The van der Waals surface area contributed by atoms with Gasteiger partial charge in [-0.3, -0.25) is 14.4 Å². The zero-order chi connectivity index (χ0) is 31.1. The van der Waals surface area contributed by atoms with Crippen molar-refractivity contribution in [2.75, 3.05) is 13.2 Å². The lowest BCUT2D eigenvalue weighted by Gasteiger charge is -2.16. The summed E-state index contributed by atoms with van der Waals surface area (Å²) in [6, 6.07) is 0. The number of hydrogen-bond donors (Lipinski definition) is 2. The van der Waals surface area contributed by atoms with Crippen LogP contribution in [0.25, 0.3) is 0 Å². The molecule has 0 aromatic carbocycles. The molecule has 244 valence electrons. The number of aliphatic hydroxyl groups is 1. The van der Waals surface area contributed by atoms with Crippen molar-refractivity contribution in [1.82, 2.24) is 0 Å². The van der Waals surface area contributed by atoms with Gasteiger partial charge in [-0.05, 0) is 33.6 Å². The van der Waals surface area contributed by atoms with Crippen LogP contribution in [0, 0.1) is 0 Å². The molecule has 0 saturated carbocycles. The van der Waals surface area contributed by atoms with Crippen LogP contribution in [-0.2, 0) is 23.9 Å². The van der Waals surface area contributed by atoms with Gasteiger partial charge in [0.2, 0.25) is 5.91 Å². The zero-order valence-corrected chi connectivity index (χ0v) is 28.1. The summed E-state index contributed by atoms with van der Waals surface area (Å²) in [5.41, 5.74) is 4.55. The van der Waals surface area contributed by atoms with Crippen LogP contribution in [-0.4, -0.2) is 52.8 Å². The predicted octanol–water partition coefficient (Wildman–Crippen LogP) is 8.28. The number of carbonyl (C=O) groups is 3. The minimum Gasteiger partial charge on any atom is -0.465 e. The number of esters is 2. The molecule has 0 aliphatic heterocycles. The molecule has 1 amide bonds. The number of nitrogens with two attached hydrogens (primary N) is 1. The number of ether oxygens (including phenoxy) is 2. The van der Waals surface area contributed by atoms with Crippen molar-refractivity contribution < 1.29 is 29.0 Å². The lowest BCUT2D eigenvalue weighted by molar-refractivity contribution is -0.142. The first-order chi connectivity index (χ1) is 19.7. The lowest BCUT2D eigenvalue weighted by atomic mass is 10.1. The summed E-state index contributed by atoms with van der Waals surface area (Å²) >= 11 is 1.33. The molecule has 0 saturated heterocycles. The summed E-state index contributed by atoms with van der Waals surface area (Å²) in [7, 11) is 0. The lowest BCUT2D eigenvalue weighted by Crippen LogP contribution is -2.25. The highest BCUT2D eigenvalue weighted by atomic mass is 32.2. The third-order valence-electron chi connectivity index (χ3n) is 6.97. The van der Waals surface area contributed by atoms with Gasteiger partial charge in [-0.15, -0.1) is 11.8 Å². The Bertz CT molecular complexity index is 575. The molecule has 3 atom stereocenters. The molecule has 7 nitrogen and oxygen atoms in total. The summed E-state index contributed by atoms with van der Waals surface area (Å²) in [6.45, 7) is 10.4. The van der Waals surface area contributed by atoms with Crippen LogP contribution in [0.5, 0.6) is 0 Å². The van der Waals surface area contributed by atoms with E-state index in [0.29, 0.717) is 13.2 Å². The molecule has 3 N–H and O–H groups in total. The van der Waals surface area contributed by atoms with Crippen LogP contribution in [0.2, 0.25) is 0 Å². The number of hydrogen-bond acceptors (Lipinski definition) is 7. The normalized spacial score (nSPS) is 13.0. The number of primary amides is 1. The molecule has 0 aliphatic rings. The Balaban J connectivity index is 0. The number of unbranched alkanes of at least 4 members (excludes halogenated alkanes) is 18. The van der Waals surface area contributed by atoms with E-state index < -0.39 is 12.0 Å². The Hall–Kier alpha value is -1.28. The van der Waals surface area contributed by atoms with E-state index in [1.807, 2.05) is 13.8 Å². The number of amides is 1. The first-order valence-electron chi connectivity index (χ1n) is 16.6. The van der Waals surface area contributed by atoms with Gasteiger partial charge in [0, 0.05) is 0 Å². The molecule has 0 fully saturated rings. The van der Waals surface area contributed by atoms with Crippen molar-refractivity contribution in [1.29, 1.82) is 0 Å². The standard InChI is InChI=1S/C30H58O4S.C3H7NO2/c1-5-7-9-11-13-15-17-19-21-23-25-33-29(31)27(3)35-28(4)30(32)34-26-24-22-20-18-16-14-12-10-8-6-2;1-2(5)3(4)6/h27-28H,5-26H2,1-4H3;2,5H,1H3,(H2,4,6). The Kier molecular flexibility index (Phi) is 32.3. The largest absolute Gasteiger partial charge is 0.465 e. The molecular weight excluding hydrogens is 538 g/mol. The number of aliphatic hydroxyl groups excluding tert-OH is 1. The SMILES string of the molecule is CC(O)C(N)=O.CCCCCCCCCCCCOC(=O)C(C)SC(C)C(=O)OCCCCCCCCCCCC. The average molecular weight is 604 g/mol. The van der Waals surface area contributed by atoms with Crippen molar-refractivity contribution in [3.8, 4) is 0 Å². The van der Waals surface area contributed by atoms with Gasteiger partial charge in [0.05, 0.1) is 13.2 Å². The monoisotopic (exact) mass is 603 g/mol. The second-order valence-corrected chi connectivity index (χ2v) is 12.9. The van der Waals surface area contributed by atoms with Gasteiger partial charge in [0.1, 0.15) is 16.6 Å². The van der Waals surface area contributed by atoms with E-state index in [1.165, 1.54) is 121 Å². The van der Waals surface area contributed by atoms with E-state index in [0.717, 1.165) is 25.7 Å². The van der Waals surface area contributed by atoms with Crippen LogP contribution >= 0.6 is 11.8 Å². The Morgan fingerprint density at radius 2 is 0.805 bits per heavy atom. The molecule has 0 aromatic rings. The summed E-state index contributed by atoms with van der Waals surface area (Å²) in [4.78, 5) is 34.1. The van der Waals surface area contributed by atoms with E-state index in [9.17, 15) is 14.4 Å². The molecule has 0 aliphatic carbocycles. The van der Waals surface area contributed by atoms with Crippen molar-refractivity contribution >= 4 is 29.6 Å². The van der Waals surface area contributed by atoms with Gasteiger partial charge in [-0.25, -0.2) is 0 Å². The molecule has 0 aromatic heterocycles. The predicted molar refractivity (Wildman–Crippen MR) is 173 cm³/mol. The van der Waals surface area contributed by atoms with Crippen LogP contribution in [0.15, 0.2) is 0 Å². The van der Waals surface area contributed by atoms with Gasteiger partial charge >= 0.3 is 11.9 Å². The highest BCUT2D eigenvalue weighted by Gasteiger charge is 2.23. The van der Waals surface area contributed by atoms with E-state index >= 15 is 0 Å². The maximum absolute atomic E-state index is 12.2. The molecule has 41 heavy (non-hydrogen) atoms. The topological polar surface area (TPSA) is 116 Å². The first kappa shape index (κ1) is 41.9. The quantitative estimate of drug-likeness (QED) is 0.0717. The second-order valence-electron chi connectivity index (χ2n) is 11.2. The van der Waals surface area contributed by atoms with Crippen molar-refractivity contribution in [3.05, 3.63) is 0 Å². The molecule has 0 spiro atoms. The third-order valence-corrected chi connectivity index (χ3v) is 8.17. The maximum atomic E-state index is 12.2. The van der Waals surface area contributed by atoms with Crippen molar-refractivity contribution in [2.45, 2.75) is 180 Å². The highest BCUT2D eigenvalue weighted by Crippen LogP contribution is 2.20. The van der Waals surface area contributed by atoms with Gasteiger partial charge < -0.3 is 20.3 Å². The van der Waals surface area contributed by atoms with Crippen LogP contribution in [0.3, 0.4) is 0 Å². The van der Waals surface area contributed by atoms with Gasteiger partial charge in [0.15, 0.2) is 0 Å². The number of carbonyl (C=O) groups excluding carboxylic acids is 3. The molecule has 0 bridgehead atoms. The smallest absolute Gasteiger partial charge is 0.318 e. The van der Waals surface area contributed by atoms with E-state index in [2.05, 4.69) is 19.6 Å². The van der Waals surface area contributed by atoms with E-state index in [1.54, 1.807) is 0 Å². The first-order valence-corrected chi connectivity index (χ1v) is 17.6. The Morgan fingerprint density at radius 3 is 1.05 bits per heavy atom. The van der Waals surface area contributed by atoms with Crippen LogP contribution in [0.4, 0.5) is 0 Å². The fourth-order valence-electron chi connectivity index (χ4n) is 4.18. The van der Waals surface area contributed by atoms with Gasteiger partial charge in [-0.1, -0.05) is 129 Å². The van der Waals surface area contributed by atoms with Crippen molar-refractivity contribution in [3.63, 3.8) is 0 Å². The third kappa shape index (κ3) is 31.5. The summed E-state index contributed by atoms with van der Waals surface area (Å²) < 4.78 is 10.8. The highest BCUT2D eigenvalue weighted by molar-refractivity contribution is 8.01. The fourth-order valence-corrected chi connectivity index (χ4v) is 5.15. The zero-order valence-electron chi connectivity index (χ0n) is 27.3. The molecule has 0 rings (SSSR count). The minimum atomic E-state index is -1.01. The second kappa shape index (κ2) is 31.7. The van der Waals surface area contributed by atoms with Crippen LogP contribution in [0.1, 0.15) is 163 Å². The molecule has 0 heterocycles. The number of thioether (sulfide) groups is 1. The molecule has 8 heteroatoms. The maximum Gasteiger partial charge on any atom is 0.318 e. The molecule has 3 unspecified atom stereocenters. The van der Waals surface area contributed by atoms with Gasteiger partial charge in [0.25, 0.3) is 0 Å². The minimum absolute atomic E-state index is 0.222. The van der Waals surface area contributed by atoms with E-state index in [-0.39, 0.29) is 22.4 Å². The number of rotatable bonds is 27.